The number of nitrogens with two attached hydrogens (primary N) is 3. The average Bonchev–Trinajstić information content (AvgIpc) is 3.81. The van der Waals surface area contributed by atoms with Gasteiger partial charge in [-0.25, -0.2) is 29.1 Å². The van der Waals surface area contributed by atoms with Crippen LogP contribution in [0.2, 0.25) is 0 Å². The van der Waals surface area contributed by atoms with Crippen molar-refractivity contribution in [3.63, 3.8) is 0 Å². The maximum atomic E-state index is 13.9. The molecule has 2 aliphatic heterocycles. The summed E-state index contributed by atoms with van der Waals surface area (Å²) >= 11 is 0. The molecule has 28 heteroatoms. The number of Topliss-reactive ketones (excluding diaryl/α,β-unsaturated/α-hetero) is 2. The van der Waals surface area contributed by atoms with Crippen molar-refractivity contribution in [3.05, 3.63) is 104 Å². The van der Waals surface area contributed by atoms with Gasteiger partial charge in [-0.2, -0.15) is 4.98 Å². The molecule has 0 radical (unpaired) electrons. The van der Waals surface area contributed by atoms with E-state index in [0.29, 0.717) is 21.8 Å². The smallest absolute Gasteiger partial charge is 0.414 e. The second kappa shape index (κ2) is 22.0. The Morgan fingerprint density at radius 2 is 1.64 bits per heavy atom. The van der Waals surface area contributed by atoms with Crippen LogP contribution >= 0.6 is 21.6 Å². The molecular weight excluding hydrogens is 997 g/mol. The van der Waals surface area contributed by atoms with Crippen LogP contribution < -0.4 is 38.7 Å². The average molecular weight is 1050 g/mol. The number of aliphatic carboxylic acids is 2. The van der Waals surface area contributed by atoms with E-state index in [1.165, 1.54) is 53.0 Å². The molecule has 3 aliphatic rings. The van der Waals surface area contributed by atoms with E-state index in [2.05, 4.69) is 35.9 Å². The van der Waals surface area contributed by atoms with E-state index in [0.717, 1.165) is 10.8 Å². The highest BCUT2D eigenvalue weighted by atomic mass is 33.1. The number of aromatic amines is 1. The topological polar surface area (TPSA) is 397 Å². The van der Waals surface area contributed by atoms with Gasteiger partial charge in [0.1, 0.15) is 25.3 Å². The normalized spacial score (nSPS) is 19.0. The summed E-state index contributed by atoms with van der Waals surface area (Å²) in [4.78, 5) is 133. The molecule has 12 N–H and O–H groups in total. The predicted octanol–water partition coefficient (Wildman–Crippen LogP) is 1.19. The number of nitrogens with zero attached hydrogens (tertiary/aromatic N) is 5. The number of H-pyrrole nitrogens is 1. The number of carboxylic acids is 2. The lowest BCUT2D eigenvalue weighted by atomic mass is 9.85. The number of carbonyl (C=O) groups excluding carboxylic acids is 6. The van der Waals surface area contributed by atoms with E-state index in [1.54, 1.807) is 43.3 Å². The maximum absolute atomic E-state index is 13.9. The zero-order valence-electron chi connectivity index (χ0n) is 39.0. The van der Waals surface area contributed by atoms with Crippen LogP contribution in [0.25, 0.3) is 11.2 Å². The molecule has 0 spiro atoms. The number of nitrogen functional groups attached to an aromatic ring is 1. The number of ketones is 2. The van der Waals surface area contributed by atoms with Crippen molar-refractivity contribution in [1.82, 2.24) is 40.4 Å². The van der Waals surface area contributed by atoms with Gasteiger partial charge < -0.3 is 62.5 Å². The highest BCUT2D eigenvalue weighted by Crippen LogP contribution is 2.52. The quantitative estimate of drug-likeness (QED) is 0.0443. The summed E-state index contributed by atoms with van der Waals surface area (Å²) < 4.78 is 16.8. The molecule has 0 bridgehead atoms. The van der Waals surface area contributed by atoms with Gasteiger partial charge in [-0.3, -0.25) is 33.9 Å². The SMILES string of the molecule is CO[C@@]12[C@H](COC(N)=O)C3=C(C(=O)C(C)=C(N)C3=O)N1C[C@@H](C)N2C(=O)OCc1ccc(SSC[C@H](NC(=O)CC[C@H](NC(=O)c2ccc(NCc3cnc4nc(N)[nH]c(=O)c4n3)cc2)C(=O)O)C(=O)O)cc1. The van der Waals surface area contributed by atoms with Crippen molar-refractivity contribution < 1.29 is 62.8 Å². The molecule has 5 atom stereocenters. The lowest BCUT2D eigenvalue weighted by Gasteiger charge is -2.43. The van der Waals surface area contributed by atoms with E-state index in [9.17, 15) is 53.4 Å². The monoisotopic (exact) mass is 1040 g/mol. The molecule has 7 rings (SSSR count). The molecule has 73 heavy (non-hydrogen) atoms. The van der Waals surface area contributed by atoms with Gasteiger partial charge in [0.05, 0.1) is 41.8 Å². The fraction of sp³-hybridized carbons (Fsp3) is 0.333. The van der Waals surface area contributed by atoms with Crippen molar-refractivity contribution in [3.8, 4) is 0 Å². The molecule has 1 aliphatic carbocycles. The number of nitrogens with one attached hydrogen (secondary N) is 4. The number of carbonyl (C=O) groups is 8. The molecule has 1 fully saturated rings. The minimum absolute atomic E-state index is 0.0102. The van der Waals surface area contributed by atoms with Crippen LogP contribution in [0.4, 0.5) is 21.2 Å². The molecule has 4 heterocycles. The summed E-state index contributed by atoms with van der Waals surface area (Å²) in [5.74, 6) is -8.64. The van der Waals surface area contributed by atoms with Gasteiger partial charge >= 0.3 is 24.1 Å². The Labute approximate surface area is 421 Å². The Balaban J connectivity index is 0.865. The van der Waals surface area contributed by atoms with E-state index >= 15 is 0 Å². The number of amides is 4. The number of allylic oxidation sites excluding steroid dienone is 2. The number of anilines is 2. The van der Waals surface area contributed by atoms with Crippen LogP contribution in [0, 0.1) is 5.92 Å². The predicted molar refractivity (Wildman–Crippen MR) is 259 cm³/mol. The van der Waals surface area contributed by atoms with Gasteiger partial charge in [-0.1, -0.05) is 33.7 Å². The van der Waals surface area contributed by atoms with Crippen molar-refractivity contribution in [2.75, 3.05) is 37.1 Å². The summed E-state index contributed by atoms with van der Waals surface area (Å²) in [7, 11) is 3.60. The van der Waals surface area contributed by atoms with Gasteiger partial charge in [0.2, 0.25) is 29.3 Å². The third-order valence-corrected chi connectivity index (χ3v) is 14.4. The molecular formula is C45H48N12O14S2. The first-order chi connectivity index (χ1) is 34.7. The second-order valence-corrected chi connectivity index (χ2v) is 19.1. The molecule has 2 aromatic carbocycles. The molecule has 384 valence electrons. The minimum Gasteiger partial charge on any atom is -0.480 e. The molecule has 0 saturated carbocycles. The number of methoxy groups -OCH3 is 1. The first-order valence-electron chi connectivity index (χ1n) is 22.0. The highest BCUT2D eigenvalue weighted by Gasteiger charge is 2.68. The molecule has 4 amide bonds. The van der Waals surface area contributed by atoms with E-state index in [1.807, 2.05) is 0 Å². The van der Waals surface area contributed by atoms with Crippen molar-refractivity contribution in [2.45, 2.75) is 68.7 Å². The van der Waals surface area contributed by atoms with Crippen LogP contribution in [-0.2, 0) is 51.3 Å². The summed E-state index contributed by atoms with van der Waals surface area (Å²) in [6, 6.07) is 9.30. The Bertz CT molecular complexity index is 3030. The lowest BCUT2D eigenvalue weighted by molar-refractivity contribution is -0.199. The number of primary amides is 1. The standard InChI is InChI=1S/C45H48N12O14S2/c1-20-16-56-34-31(36(60)32(46)21(2)35(34)59)27(18-70-43(48)67)45(56,69-3)57(20)44(68)71-17-22-4-10-26(11-5-22)73-72-19-29(41(65)66)52-30(58)13-12-28(40(63)64)53-38(61)23-6-8-24(9-7-23)49-14-25-15-50-37-33(51-25)39(62)55-42(47)54-37/h4-11,15,20,27-29,49H,12-14,16-19,46H2,1-3H3,(H2,48,67)(H,52,58)(H,53,61)(H,63,64)(H,65,66)(H3,47,50,54,55,62)/t20-,27-,28+,29+,45+/m1/s1. The molecule has 26 nitrogen and oxygen atoms in total. The van der Waals surface area contributed by atoms with Gasteiger partial charge in [-0.15, -0.1) is 0 Å². The minimum atomic E-state index is -1.83. The largest absolute Gasteiger partial charge is 0.480 e. The van der Waals surface area contributed by atoms with Crippen LogP contribution in [0.3, 0.4) is 0 Å². The molecule has 4 aromatic rings. The summed E-state index contributed by atoms with van der Waals surface area (Å²) in [6.07, 6.45) is -1.37. The van der Waals surface area contributed by atoms with E-state index < -0.39 is 96.0 Å². The number of carboxylic acid groups (broad SMARTS) is 2. The lowest BCUT2D eigenvalue weighted by Crippen LogP contribution is -2.61. The fourth-order valence-electron chi connectivity index (χ4n) is 8.40. The van der Waals surface area contributed by atoms with Gasteiger partial charge in [0.15, 0.2) is 11.2 Å². The van der Waals surface area contributed by atoms with Crippen LogP contribution in [0.5, 0.6) is 0 Å². The molecule has 2 aromatic heterocycles. The van der Waals surface area contributed by atoms with Gasteiger partial charge in [0, 0.05) is 53.1 Å². The maximum Gasteiger partial charge on any atom is 0.414 e. The second-order valence-electron chi connectivity index (χ2n) is 16.7. The summed E-state index contributed by atoms with van der Waals surface area (Å²) in [6.45, 7) is 2.56. The Hall–Kier alpha value is -8.24. The number of rotatable bonds is 20. The number of ether oxygens (including phenoxy) is 3. The molecule has 0 unspecified atom stereocenters. The third-order valence-electron chi connectivity index (χ3n) is 12.0. The van der Waals surface area contributed by atoms with E-state index in [-0.39, 0.29) is 77.1 Å². The first-order valence-corrected chi connectivity index (χ1v) is 24.4. The van der Waals surface area contributed by atoms with Gasteiger partial charge in [0.25, 0.3) is 11.5 Å². The van der Waals surface area contributed by atoms with Crippen molar-refractivity contribution >= 4 is 91.9 Å². The number of fused-ring (bicyclic) bond motifs is 3. The number of hydrogen-bond acceptors (Lipinski definition) is 21. The summed E-state index contributed by atoms with van der Waals surface area (Å²) in [5.41, 5.74) is 17.7. The fourth-order valence-corrected chi connectivity index (χ4v) is 10.6. The number of hydrogen-bond donors (Lipinski definition) is 9. The zero-order chi connectivity index (χ0) is 52.9. The Kier molecular flexibility index (Phi) is 15.9. The van der Waals surface area contributed by atoms with Gasteiger partial charge in [-0.05, 0) is 62.2 Å². The van der Waals surface area contributed by atoms with Crippen molar-refractivity contribution in [2.24, 2.45) is 17.4 Å². The third kappa shape index (κ3) is 11.1. The van der Waals surface area contributed by atoms with Crippen molar-refractivity contribution in [1.29, 1.82) is 0 Å². The Morgan fingerprint density at radius 1 is 0.945 bits per heavy atom. The highest BCUT2D eigenvalue weighted by molar-refractivity contribution is 8.76. The summed E-state index contributed by atoms with van der Waals surface area (Å²) in [5, 5.41) is 27.5. The van der Waals surface area contributed by atoms with E-state index in [4.69, 9.17) is 31.4 Å². The number of aromatic nitrogens is 4. The molecule has 1 saturated heterocycles. The Morgan fingerprint density at radius 3 is 2.30 bits per heavy atom. The van der Waals surface area contributed by atoms with Crippen LogP contribution in [0.15, 0.2) is 87.0 Å². The van der Waals surface area contributed by atoms with Crippen LogP contribution in [0.1, 0.15) is 48.3 Å². The van der Waals surface area contributed by atoms with Crippen LogP contribution in [-0.4, -0.2) is 137 Å². The first kappa shape index (κ1) is 52.6. The number of benzene rings is 2. The zero-order valence-corrected chi connectivity index (χ0v) is 40.7.